The lowest BCUT2D eigenvalue weighted by molar-refractivity contribution is 0.568. The third kappa shape index (κ3) is 3.05. The van der Waals surface area contributed by atoms with Crippen molar-refractivity contribution in [2.24, 2.45) is 0 Å². The van der Waals surface area contributed by atoms with Gasteiger partial charge in [-0.1, -0.05) is 30.7 Å². The Balaban J connectivity index is 2.29. The van der Waals surface area contributed by atoms with E-state index in [4.69, 9.17) is 11.6 Å². The van der Waals surface area contributed by atoms with Gasteiger partial charge in [0.05, 0.1) is 12.2 Å². The molecule has 1 heterocycles. The summed E-state index contributed by atoms with van der Waals surface area (Å²) in [7, 11) is 2.00. The van der Waals surface area contributed by atoms with Gasteiger partial charge in [0.2, 0.25) is 0 Å². The number of aromatic nitrogens is 2. The Morgan fingerprint density at radius 1 is 1.25 bits per heavy atom. The molecule has 2 rings (SSSR count). The molecule has 2 aromatic rings. The predicted molar refractivity (Wildman–Crippen MR) is 84.3 cm³/mol. The fourth-order valence-corrected chi connectivity index (χ4v) is 2.81. The minimum Gasteiger partial charge on any atom is -0.313 e. The number of nitrogens with one attached hydrogen (secondary N) is 1. The van der Waals surface area contributed by atoms with Gasteiger partial charge in [0.25, 0.3) is 0 Å². The molecular weight excluding hydrogens is 270 g/mol. The van der Waals surface area contributed by atoms with E-state index in [2.05, 4.69) is 35.9 Å². The normalized spacial score (nSPS) is 12.7. The molecule has 3 nitrogen and oxygen atoms in total. The molecule has 1 aromatic heterocycles. The Morgan fingerprint density at radius 3 is 2.45 bits per heavy atom. The number of rotatable bonds is 5. The fraction of sp³-hybridized carbons (Fsp3) is 0.438. The Bertz CT molecular complexity index is 568. The second kappa shape index (κ2) is 6.42. The number of halogens is 1. The predicted octanol–water partition coefficient (Wildman–Crippen LogP) is 3.87. The second-order valence-corrected chi connectivity index (χ2v) is 5.55. The van der Waals surface area contributed by atoms with Crippen LogP contribution in [0.4, 0.5) is 0 Å². The molecule has 20 heavy (non-hydrogen) atoms. The van der Waals surface area contributed by atoms with Gasteiger partial charge in [-0.15, -0.1) is 0 Å². The highest BCUT2D eigenvalue weighted by atomic mass is 35.5. The van der Waals surface area contributed by atoms with E-state index in [1.807, 2.05) is 31.3 Å². The lowest BCUT2D eigenvalue weighted by Crippen LogP contribution is -2.17. The molecule has 0 radical (unpaired) electrons. The van der Waals surface area contributed by atoms with Crippen LogP contribution in [0.1, 0.15) is 41.9 Å². The maximum atomic E-state index is 5.92. The van der Waals surface area contributed by atoms with Gasteiger partial charge in [0.1, 0.15) is 0 Å². The quantitative estimate of drug-likeness (QED) is 0.906. The zero-order valence-electron chi connectivity index (χ0n) is 12.6. The lowest BCUT2D eigenvalue weighted by atomic mass is 10.0. The molecule has 0 amide bonds. The monoisotopic (exact) mass is 291 g/mol. The first-order valence-electron chi connectivity index (χ1n) is 7.02. The number of nitrogens with zero attached hydrogens (tertiary/aromatic N) is 2. The average molecular weight is 292 g/mol. The van der Waals surface area contributed by atoms with Crippen molar-refractivity contribution in [3.05, 3.63) is 51.8 Å². The number of hydrogen-bond acceptors (Lipinski definition) is 2. The van der Waals surface area contributed by atoms with Crippen LogP contribution in [-0.2, 0) is 6.54 Å². The highest BCUT2D eigenvalue weighted by Gasteiger charge is 2.18. The first-order chi connectivity index (χ1) is 9.56. The maximum absolute atomic E-state index is 5.92. The third-order valence-electron chi connectivity index (χ3n) is 3.79. The fourth-order valence-electron chi connectivity index (χ4n) is 2.68. The zero-order valence-corrected chi connectivity index (χ0v) is 13.3. The summed E-state index contributed by atoms with van der Waals surface area (Å²) >= 11 is 5.92. The van der Waals surface area contributed by atoms with Crippen LogP contribution < -0.4 is 5.32 Å². The van der Waals surface area contributed by atoms with Crippen LogP contribution in [0, 0.1) is 13.8 Å². The van der Waals surface area contributed by atoms with E-state index in [1.54, 1.807) is 0 Å². The summed E-state index contributed by atoms with van der Waals surface area (Å²) < 4.78 is 2.08. The van der Waals surface area contributed by atoms with Crippen LogP contribution in [0.25, 0.3) is 0 Å². The van der Waals surface area contributed by atoms with Crippen molar-refractivity contribution in [1.82, 2.24) is 15.1 Å². The van der Waals surface area contributed by atoms with Gasteiger partial charge in [-0.25, -0.2) is 0 Å². The van der Waals surface area contributed by atoms with Crippen molar-refractivity contribution in [2.75, 3.05) is 7.05 Å². The summed E-state index contributed by atoms with van der Waals surface area (Å²) in [5, 5.41) is 8.82. The highest BCUT2D eigenvalue weighted by Crippen LogP contribution is 2.24. The van der Waals surface area contributed by atoms with Gasteiger partial charge in [0.15, 0.2) is 0 Å². The van der Waals surface area contributed by atoms with Crippen LogP contribution >= 0.6 is 11.6 Å². The molecule has 1 atom stereocenters. The molecule has 108 valence electrons. The number of aryl methyl sites for hydroxylation is 1. The van der Waals surface area contributed by atoms with E-state index >= 15 is 0 Å². The van der Waals surface area contributed by atoms with Crippen LogP contribution in [-0.4, -0.2) is 16.8 Å². The summed E-state index contributed by atoms with van der Waals surface area (Å²) in [5.74, 6) is 0. The minimum absolute atomic E-state index is 0.369. The van der Waals surface area contributed by atoms with Crippen LogP contribution in [0.15, 0.2) is 24.3 Å². The van der Waals surface area contributed by atoms with Crippen molar-refractivity contribution in [3.63, 3.8) is 0 Å². The van der Waals surface area contributed by atoms with Crippen molar-refractivity contribution >= 4 is 11.6 Å². The molecule has 0 fully saturated rings. The van der Waals surface area contributed by atoms with E-state index in [0.717, 1.165) is 23.7 Å². The van der Waals surface area contributed by atoms with E-state index < -0.39 is 0 Å². The summed E-state index contributed by atoms with van der Waals surface area (Å²) in [6.45, 7) is 7.20. The van der Waals surface area contributed by atoms with Crippen molar-refractivity contribution < 1.29 is 0 Å². The van der Waals surface area contributed by atoms with Gasteiger partial charge < -0.3 is 5.32 Å². The summed E-state index contributed by atoms with van der Waals surface area (Å²) in [5.41, 5.74) is 4.88. The SMILES string of the molecule is CCC(NC)c1c(C)nn(Cc2ccc(Cl)cc2)c1C. The Morgan fingerprint density at radius 2 is 1.90 bits per heavy atom. The number of hydrogen-bond donors (Lipinski definition) is 1. The first kappa shape index (κ1) is 15.1. The first-order valence-corrected chi connectivity index (χ1v) is 7.40. The second-order valence-electron chi connectivity index (χ2n) is 5.12. The molecule has 0 aliphatic heterocycles. The zero-order chi connectivity index (χ0) is 14.7. The average Bonchev–Trinajstić information content (AvgIpc) is 2.71. The summed E-state index contributed by atoms with van der Waals surface area (Å²) in [6.07, 6.45) is 1.06. The van der Waals surface area contributed by atoms with Gasteiger partial charge in [-0.3, -0.25) is 4.68 Å². The minimum atomic E-state index is 0.369. The Kier molecular flexibility index (Phi) is 4.84. The van der Waals surface area contributed by atoms with Crippen LogP contribution in [0.3, 0.4) is 0 Å². The molecule has 0 saturated heterocycles. The third-order valence-corrected chi connectivity index (χ3v) is 4.04. The van der Waals surface area contributed by atoms with E-state index in [0.29, 0.717) is 6.04 Å². The van der Waals surface area contributed by atoms with Crippen molar-refractivity contribution in [2.45, 2.75) is 39.8 Å². The molecule has 0 spiro atoms. The maximum Gasteiger partial charge on any atom is 0.0662 e. The van der Waals surface area contributed by atoms with Crippen molar-refractivity contribution in [1.29, 1.82) is 0 Å². The van der Waals surface area contributed by atoms with Gasteiger partial charge in [0, 0.05) is 22.3 Å². The van der Waals surface area contributed by atoms with Crippen LogP contribution in [0.2, 0.25) is 5.02 Å². The van der Waals surface area contributed by atoms with Crippen molar-refractivity contribution in [3.8, 4) is 0 Å². The van der Waals surface area contributed by atoms with Gasteiger partial charge in [-0.2, -0.15) is 5.10 Å². The summed E-state index contributed by atoms with van der Waals surface area (Å²) in [4.78, 5) is 0. The standard InChI is InChI=1S/C16H22ClN3/c1-5-15(18-4)16-11(2)19-20(12(16)3)10-13-6-8-14(17)9-7-13/h6-9,15,18H,5,10H2,1-4H3. The Labute approximate surface area is 126 Å². The molecule has 1 aromatic carbocycles. The smallest absolute Gasteiger partial charge is 0.0662 e. The molecule has 0 bridgehead atoms. The van der Waals surface area contributed by atoms with Crippen LogP contribution in [0.5, 0.6) is 0 Å². The molecular formula is C16H22ClN3. The van der Waals surface area contributed by atoms with Gasteiger partial charge in [-0.05, 0) is 45.0 Å². The molecule has 4 heteroatoms. The molecule has 1 unspecified atom stereocenters. The van der Waals surface area contributed by atoms with E-state index in [1.165, 1.54) is 16.8 Å². The molecule has 1 N–H and O–H groups in total. The molecule has 0 aliphatic carbocycles. The summed E-state index contributed by atoms with van der Waals surface area (Å²) in [6, 6.07) is 8.31. The largest absolute Gasteiger partial charge is 0.313 e. The lowest BCUT2D eigenvalue weighted by Gasteiger charge is -2.15. The van der Waals surface area contributed by atoms with Gasteiger partial charge >= 0.3 is 0 Å². The molecule has 0 aliphatic rings. The number of benzene rings is 1. The van der Waals surface area contributed by atoms with E-state index in [-0.39, 0.29) is 0 Å². The topological polar surface area (TPSA) is 29.9 Å². The molecule has 0 saturated carbocycles. The highest BCUT2D eigenvalue weighted by molar-refractivity contribution is 6.30. The van der Waals surface area contributed by atoms with E-state index in [9.17, 15) is 0 Å². The Hall–Kier alpha value is -1.32.